The van der Waals surface area contributed by atoms with Crippen LogP contribution in [0.2, 0.25) is 0 Å². The van der Waals surface area contributed by atoms with E-state index in [-0.39, 0.29) is 18.7 Å². The second-order valence-electron chi connectivity index (χ2n) is 4.56. The van der Waals surface area contributed by atoms with E-state index in [4.69, 9.17) is 18.9 Å². The van der Waals surface area contributed by atoms with E-state index in [0.717, 1.165) is 38.8 Å². The zero-order valence-corrected chi connectivity index (χ0v) is 11.8. The van der Waals surface area contributed by atoms with Gasteiger partial charge in [-0.3, -0.25) is 0 Å². The Morgan fingerprint density at radius 1 is 1.28 bits per heavy atom. The lowest BCUT2D eigenvalue weighted by Crippen LogP contribution is -2.38. The monoisotopic (exact) mass is 261 g/mol. The van der Waals surface area contributed by atoms with Crippen molar-refractivity contribution in [3.63, 3.8) is 0 Å². The van der Waals surface area contributed by atoms with Gasteiger partial charge >= 0.3 is 0 Å². The third-order valence-corrected chi connectivity index (χ3v) is 3.15. The normalized spacial score (nSPS) is 22.3. The van der Waals surface area contributed by atoms with Crippen molar-refractivity contribution in [3.05, 3.63) is 0 Å². The molecule has 2 unspecified atom stereocenters. The highest BCUT2D eigenvalue weighted by Gasteiger charge is 2.26. The Bertz CT molecular complexity index is 193. The Morgan fingerprint density at radius 2 is 2.06 bits per heavy atom. The lowest BCUT2D eigenvalue weighted by molar-refractivity contribution is -0.251. The van der Waals surface area contributed by atoms with Gasteiger partial charge in [-0.1, -0.05) is 0 Å². The van der Waals surface area contributed by atoms with Crippen LogP contribution in [0.25, 0.3) is 0 Å². The standard InChI is InChI=1S/C13H27NO4/c1-14-9-6-7-11(13(15-2)16-3)18-12-8-4-5-10-17-12/h11-14H,4-10H2,1-3H3. The maximum Gasteiger partial charge on any atom is 0.183 e. The highest BCUT2D eigenvalue weighted by molar-refractivity contribution is 4.66. The Balaban J connectivity index is 2.41. The summed E-state index contributed by atoms with van der Waals surface area (Å²) in [4.78, 5) is 0. The van der Waals surface area contributed by atoms with E-state index in [1.165, 1.54) is 6.42 Å². The molecule has 1 aliphatic heterocycles. The average Bonchev–Trinajstić information content (AvgIpc) is 2.41. The van der Waals surface area contributed by atoms with Crippen LogP contribution in [-0.4, -0.2) is 53.1 Å². The molecular weight excluding hydrogens is 234 g/mol. The molecule has 5 heteroatoms. The van der Waals surface area contributed by atoms with Crippen LogP contribution in [0.1, 0.15) is 32.1 Å². The Labute approximate surface area is 110 Å². The number of hydrogen-bond acceptors (Lipinski definition) is 5. The van der Waals surface area contributed by atoms with Crippen molar-refractivity contribution in [2.45, 2.75) is 50.8 Å². The van der Waals surface area contributed by atoms with Crippen LogP contribution in [-0.2, 0) is 18.9 Å². The third kappa shape index (κ3) is 5.63. The van der Waals surface area contributed by atoms with Gasteiger partial charge in [-0.15, -0.1) is 0 Å². The summed E-state index contributed by atoms with van der Waals surface area (Å²) in [5.74, 6) is 0. The summed E-state index contributed by atoms with van der Waals surface area (Å²) >= 11 is 0. The largest absolute Gasteiger partial charge is 0.353 e. The highest BCUT2D eigenvalue weighted by atomic mass is 16.7. The lowest BCUT2D eigenvalue weighted by atomic mass is 10.1. The highest BCUT2D eigenvalue weighted by Crippen LogP contribution is 2.20. The van der Waals surface area contributed by atoms with Crippen LogP contribution in [0.3, 0.4) is 0 Å². The molecule has 5 nitrogen and oxygen atoms in total. The van der Waals surface area contributed by atoms with Gasteiger partial charge in [0, 0.05) is 20.8 Å². The van der Waals surface area contributed by atoms with Gasteiger partial charge in [0.1, 0.15) is 6.10 Å². The first kappa shape index (κ1) is 15.9. The van der Waals surface area contributed by atoms with Crippen molar-refractivity contribution in [2.24, 2.45) is 0 Å². The minimum Gasteiger partial charge on any atom is -0.353 e. The van der Waals surface area contributed by atoms with Crippen molar-refractivity contribution in [2.75, 3.05) is 34.4 Å². The lowest BCUT2D eigenvalue weighted by Gasteiger charge is -2.31. The van der Waals surface area contributed by atoms with Crippen LogP contribution in [0.4, 0.5) is 0 Å². The first-order valence-corrected chi connectivity index (χ1v) is 6.79. The van der Waals surface area contributed by atoms with E-state index in [2.05, 4.69) is 5.32 Å². The zero-order valence-electron chi connectivity index (χ0n) is 11.8. The van der Waals surface area contributed by atoms with Crippen molar-refractivity contribution in [1.82, 2.24) is 5.32 Å². The van der Waals surface area contributed by atoms with Crippen molar-refractivity contribution in [3.8, 4) is 0 Å². The molecule has 1 heterocycles. The van der Waals surface area contributed by atoms with E-state index in [1.807, 2.05) is 7.05 Å². The van der Waals surface area contributed by atoms with Gasteiger partial charge in [0.05, 0.1) is 0 Å². The molecule has 1 fully saturated rings. The summed E-state index contributed by atoms with van der Waals surface area (Å²) in [5, 5.41) is 3.13. The van der Waals surface area contributed by atoms with E-state index >= 15 is 0 Å². The molecule has 1 N–H and O–H groups in total. The Morgan fingerprint density at radius 3 is 2.61 bits per heavy atom. The fourth-order valence-electron chi connectivity index (χ4n) is 2.16. The number of rotatable bonds is 9. The van der Waals surface area contributed by atoms with Crippen LogP contribution in [0, 0.1) is 0 Å². The van der Waals surface area contributed by atoms with Gasteiger partial charge in [-0.05, 0) is 45.7 Å². The molecule has 0 saturated carbocycles. The maximum atomic E-state index is 5.98. The molecule has 0 aromatic rings. The molecule has 0 aliphatic carbocycles. The number of nitrogens with one attached hydrogen (secondary N) is 1. The maximum absolute atomic E-state index is 5.98. The third-order valence-electron chi connectivity index (χ3n) is 3.15. The predicted molar refractivity (Wildman–Crippen MR) is 69.4 cm³/mol. The fraction of sp³-hybridized carbons (Fsp3) is 1.00. The smallest absolute Gasteiger partial charge is 0.183 e. The molecule has 0 amide bonds. The molecule has 2 atom stereocenters. The van der Waals surface area contributed by atoms with Crippen LogP contribution in [0.5, 0.6) is 0 Å². The molecule has 1 rings (SSSR count). The molecule has 0 aromatic heterocycles. The first-order chi connectivity index (χ1) is 8.81. The number of hydrogen-bond donors (Lipinski definition) is 1. The predicted octanol–water partition coefficient (Wildman–Crippen LogP) is 1.52. The Hall–Kier alpha value is -0.200. The molecule has 0 spiro atoms. The molecular formula is C13H27NO4. The summed E-state index contributed by atoms with van der Waals surface area (Å²) in [6.07, 6.45) is 4.67. The first-order valence-electron chi connectivity index (χ1n) is 6.79. The van der Waals surface area contributed by atoms with Gasteiger partial charge in [0.15, 0.2) is 12.6 Å². The average molecular weight is 261 g/mol. The van der Waals surface area contributed by atoms with E-state index in [0.29, 0.717) is 0 Å². The van der Waals surface area contributed by atoms with E-state index in [9.17, 15) is 0 Å². The second kappa shape index (κ2) is 9.69. The summed E-state index contributed by atoms with van der Waals surface area (Å²) in [5.41, 5.74) is 0. The molecule has 0 bridgehead atoms. The number of ether oxygens (including phenoxy) is 4. The van der Waals surface area contributed by atoms with E-state index in [1.54, 1.807) is 14.2 Å². The molecule has 1 aliphatic rings. The topological polar surface area (TPSA) is 49.0 Å². The van der Waals surface area contributed by atoms with Crippen molar-refractivity contribution < 1.29 is 18.9 Å². The molecule has 0 radical (unpaired) electrons. The van der Waals surface area contributed by atoms with E-state index < -0.39 is 0 Å². The van der Waals surface area contributed by atoms with Crippen molar-refractivity contribution in [1.29, 1.82) is 0 Å². The van der Waals surface area contributed by atoms with Gasteiger partial charge < -0.3 is 24.3 Å². The van der Waals surface area contributed by atoms with Gasteiger partial charge in [0.2, 0.25) is 0 Å². The van der Waals surface area contributed by atoms with Gasteiger partial charge in [-0.2, -0.15) is 0 Å². The van der Waals surface area contributed by atoms with Crippen molar-refractivity contribution >= 4 is 0 Å². The van der Waals surface area contributed by atoms with Crippen LogP contribution < -0.4 is 5.32 Å². The minimum atomic E-state index is -0.326. The molecule has 1 saturated heterocycles. The van der Waals surface area contributed by atoms with Crippen LogP contribution >= 0.6 is 0 Å². The van der Waals surface area contributed by atoms with Gasteiger partial charge in [-0.25, -0.2) is 0 Å². The molecule has 18 heavy (non-hydrogen) atoms. The second-order valence-corrected chi connectivity index (χ2v) is 4.56. The SMILES string of the molecule is CNCCCC(OC1CCCCO1)C(OC)OC. The van der Waals surface area contributed by atoms with Crippen LogP contribution in [0.15, 0.2) is 0 Å². The summed E-state index contributed by atoms with van der Waals surface area (Å²) in [6.45, 7) is 1.75. The quantitative estimate of drug-likeness (QED) is 0.504. The number of methoxy groups -OCH3 is 2. The summed E-state index contributed by atoms with van der Waals surface area (Å²) < 4.78 is 22.2. The zero-order chi connectivity index (χ0) is 13.2. The Kier molecular flexibility index (Phi) is 8.54. The fourth-order valence-corrected chi connectivity index (χ4v) is 2.16. The summed E-state index contributed by atoms with van der Waals surface area (Å²) in [6, 6.07) is 0. The minimum absolute atomic E-state index is 0.0727. The molecule has 0 aromatic carbocycles. The molecule has 108 valence electrons. The van der Waals surface area contributed by atoms with Gasteiger partial charge in [0.25, 0.3) is 0 Å². The summed E-state index contributed by atoms with van der Waals surface area (Å²) in [7, 11) is 5.24.